The third kappa shape index (κ3) is 6.37. The van der Waals surface area contributed by atoms with Crippen LogP contribution >= 0.6 is 11.6 Å². The zero-order valence-corrected chi connectivity index (χ0v) is 17.2. The Morgan fingerprint density at radius 2 is 1.72 bits per heavy atom. The molecule has 0 atom stereocenters. The van der Waals surface area contributed by atoms with Crippen LogP contribution in [-0.4, -0.2) is 24.6 Å². The summed E-state index contributed by atoms with van der Waals surface area (Å²) in [5, 5.41) is 9.89. The van der Waals surface area contributed by atoms with E-state index in [1.165, 1.54) is 19.3 Å². The van der Waals surface area contributed by atoms with Crippen LogP contribution in [-0.2, 0) is 4.74 Å². The van der Waals surface area contributed by atoms with Crippen molar-refractivity contribution < 1.29 is 23.8 Å². The number of ether oxygens (including phenoxy) is 3. The van der Waals surface area contributed by atoms with Crippen LogP contribution in [0.5, 0.6) is 11.5 Å². The second kappa shape index (κ2) is 9.26. The van der Waals surface area contributed by atoms with Crippen LogP contribution in [0, 0.1) is 11.3 Å². The Kier molecular flexibility index (Phi) is 7.03. The van der Waals surface area contributed by atoms with Gasteiger partial charge >= 0.3 is 6.16 Å². The minimum absolute atomic E-state index is 0.0600. The standard InChI is InChI=1S/C22H20ClNO5/c1-22(2,3)29-21(26)28-18-10-5-14(12-19(18)27-4)11-16(13-24)20(25)15-6-8-17(23)9-7-15/h5-12H,1-4H3/b16-11+. The molecule has 0 unspecified atom stereocenters. The van der Waals surface area contributed by atoms with Gasteiger partial charge in [-0.05, 0) is 68.8 Å². The lowest BCUT2D eigenvalue weighted by atomic mass is 10.0. The van der Waals surface area contributed by atoms with Crippen molar-refractivity contribution in [3.05, 3.63) is 64.2 Å². The Hall–Kier alpha value is -3.30. The summed E-state index contributed by atoms with van der Waals surface area (Å²) in [6, 6.07) is 12.8. The zero-order chi connectivity index (χ0) is 21.6. The van der Waals surface area contributed by atoms with Crippen molar-refractivity contribution in [2.24, 2.45) is 0 Å². The molecule has 7 heteroatoms. The number of allylic oxidation sites excluding steroid dienone is 1. The molecule has 0 bridgehead atoms. The van der Waals surface area contributed by atoms with E-state index in [0.29, 0.717) is 16.1 Å². The summed E-state index contributed by atoms with van der Waals surface area (Å²) in [5.41, 5.74) is 0.114. The first-order valence-electron chi connectivity index (χ1n) is 8.64. The van der Waals surface area contributed by atoms with Crippen LogP contribution in [0.3, 0.4) is 0 Å². The van der Waals surface area contributed by atoms with Gasteiger partial charge in [0.05, 0.1) is 7.11 Å². The number of benzene rings is 2. The van der Waals surface area contributed by atoms with Gasteiger partial charge < -0.3 is 14.2 Å². The third-order valence-corrected chi connectivity index (χ3v) is 3.80. The largest absolute Gasteiger partial charge is 0.514 e. The minimum atomic E-state index is -0.866. The highest BCUT2D eigenvalue weighted by Gasteiger charge is 2.20. The second-order valence-electron chi connectivity index (χ2n) is 6.98. The van der Waals surface area contributed by atoms with Gasteiger partial charge in [-0.3, -0.25) is 4.79 Å². The molecule has 0 aliphatic heterocycles. The van der Waals surface area contributed by atoms with Gasteiger partial charge in [0.1, 0.15) is 17.2 Å². The maximum absolute atomic E-state index is 12.5. The maximum Gasteiger partial charge on any atom is 0.514 e. The van der Waals surface area contributed by atoms with Gasteiger partial charge in [0.2, 0.25) is 5.78 Å². The summed E-state index contributed by atoms with van der Waals surface area (Å²) >= 11 is 5.83. The Morgan fingerprint density at radius 3 is 2.28 bits per heavy atom. The summed E-state index contributed by atoms with van der Waals surface area (Å²) in [6.45, 7) is 5.17. The minimum Gasteiger partial charge on any atom is -0.493 e. The van der Waals surface area contributed by atoms with Crippen molar-refractivity contribution in [1.82, 2.24) is 0 Å². The fourth-order valence-corrected chi connectivity index (χ4v) is 2.42. The molecule has 0 heterocycles. The average molecular weight is 414 g/mol. The topological polar surface area (TPSA) is 85.6 Å². The first-order valence-corrected chi connectivity index (χ1v) is 9.01. The molecule has 0 saturated heterocycles. The zero-order valence-electron chi connectivity index (χ0n) is 16.5. The number of hydrogen-bond acceptors (Lipinski definition) is 6. The molecule has 0 radical (unpaired) electrons. The summed E-state index contributed by atoms with van der Waals surface area (Å²) in [7, 11) is 1.41. The molecule has 0 N–H and O–H groups in total. The van der Waals surface area contributed by atoms with Gasteiger partial charge in [0, 0.05) is 10.6 Å². The molecule has 0 fully saturated rings. The fraction of sp³-hybridized carbons (Fsp3) is 0.227. The third-order valence-electron chi connectivity index (χ3n) is 3.55. The van der Waals surface area contributed by atoms with E-state index in [1.54, 1.807) is 57.2 Å². The normalized spacial score (nSPS) is 11.4. The number of carbonyl (C=O) groups excluding carboxylic acids is 2. The predicted molar refractivity (Wildman–Crippen MR) is 109 cm³/mol. The molecule has 0 spiro atoms. The van der Waals surface area contributed by atoms with Gasteiger partial charge in [-0.15, -0.1) is 0 Å². The number of halogens is 1. The quantitative estimate of drug-likeness (QED) is 0.213. The molecule has 0 aliphatic rings. The van der Waals surface area contributed by atoms with E-state index in [2.05, 4.69) is 0 Å². The van der Waals surface area contributed by atoms with Crippen LogP contribution < -0.4 is 9.47 Å². The van der Waals surface area contributed by atoms with Gasteiger partial charge in [-0.2, -0.15) is 5.26 Å². The number of Topliss-reactive ketones (excluding diaryl/α,β-unsaturated/α-hetero) is 1. The summed E-state index contributed by atoms with van der Waals surface area (Å²) < 4.78 is 15.5. The number of nitriles is 1. The van der Waals surface area contributed by atoms with E-state index in [0.717, 1.165) is 0 Å². The Morgan fingerprint density at radius 1 is 1.07 bits per heavy atom. The lowest BCUT2D eigenvalue weighted by Crippen LogP contribution is -2.26. The first-order chi connectivity index (χ1) is 13.6. The van der Waals surface area contributed by atoms with Gasteiger partial charge in [-0.25, -0.2) is 4.79 Å². The molecular weight excluding hydrogens is 394 g/mol. The highest BCUT2D eigenvalue weighted by Crippen LogP contribution is 2.30. The van der Waals surface area contributed by atoms with E-state index in [1.807, 2.05) is 6.07 Å². The number of ketones is 1. The molecule has 0 aromatic heterocycles. The highest BCUT2D eigenvalue weighted by molar-refractivity contribution is 6.30. The average Bonchev–Trinajstić information content (AvgIpc) is 2.65. The van der Waals surface area contributed by atoms with Gasteiger partial charge in [0.25, 0.3) is 0 Å². The number of methoxy groups -OCH3 is 1. The highest BCUT2D eigenvalue weighted by atomic mass is 35.5. The maximum atomic E-state index is 12.5. The van der Waals surface area contributed by atoms with E-state index in [4.69, 9.17) is 25.8 Å². The summed E-state index contributed by atoms with van der Waals surface area (Å²) in [4.78, 5) is 24.4. The van der Waals surface area contributed by atoms with Crippen LogP contribution in [0.2, 0.25) is 5.02 Å². The van der Waals surface area contributed by atoms with E-state index in [-0.39, 0.29) is 17.1 Å². The van der Waals surface area contributed by atoms with E-state index < -0.39 is 17.5 Å². The molecule has 2 aromatic carbocycles. The smallest absolute Gasteiger partial charge is 0.493 e. The van der Waals surface area contributed by atoms with Crippen molar-refractivity contribution >= 4 is 29.6 Å². The molecule has 150 valence electrons. The number of hydrogen-bond donors (Lipinski definition) is 0. The predicted octanol–water partition coefficient (Wildman–Crippen LogP) is 5.45. The van der Waals surface area contributed by atoms with Gasteiger partial charge in [0.15, 0.2) is 11.5 Å². The number of nitrogens with zero attached hydrogens (tertiary/aromatic N) is 1. The van der Waals surface area contributed by atoms with Crippen molar-refractivity contribution in [1.29, 1.82) is 5.26 Å². The molecule has 0 amide bonds. The van der Waals surface area contributed by atoms with Crippen molar-refractivity contribution in [3.8, 4) is 17.6 Å². The van der Waals surface area contributed by atoms with E-state index >= 15 is 0 Å². The van der Waals surface area contributed by atoms with E-state index in [9.17, 15) is 14.9 Å². The van der Waals surface area contributed by atoms with Crippen LogP contribution in [0.4, 0.5) is 4.79 Å². The lowest BCUT2D eigenvalue weighted by Gasteiger charge is -2.19. The Labute approximate surface area is 174 Å². The Balaban J connectivity index is 2.27. The second-order valence-corrected chi connectivity index (χ2v) is 7.42. The SMILES string of the molecule is COc1cc(/C=C(\C#N)C(=O)c2ccc(Cl)cc2)ccc1OC(=O)OC(C)(C)C. The molecule has 0 aliphatic carbocycles. The number of carbonyl (C=O) groups is 2. The Bertz CT molecular complexity index is 982. The van der Waals surface area contributed by atoms with Crippen molar-refractivity contribution in [2.75, 3.05) is 7.11 Å². The molecule has 0 saturated carbocycles. The summed E-state index contributed by atoms with van der Waals surface area (Å²) in [5.74, 6) is -0.0282. The molecule has 29 heavy (non-hydrogen) atoms. The molecule has 2 aromatic rings. The lowest BCUT2D eigenvalue weighted by molar-refractivity contribution is 0.0201. The number of rotatable bonds is 5. The van der Waals surface area contributed by atoms with Crippen LogP contribution in [0.25, 0.3) is 6.08 Å². The summed E-state index contributed by atoms with van der Waals surface area (Å²) in [6.07, 6.45) is 0.561. The molecule has 6 nitrogen and oxygen atoms in total. The van der Waals surface area contributed by atoms with Crippen LogP contribution in [0.15, 0.2) is 48.0 Å². The monoisotopic (exact) mass is 413 g/mol. The van der Waals surface area contributed by atoms with Crippen LogP contribution in [0.1, 0.15) is 36.7 Å². The molecular formula is C22H20ClNO5. The first kappa shape index (κ1) is 22.0. The van der Waals surface area contributed by atoms with Crippen molar-refractivity contribution in [2.45, 2.75) is 26.4 Å². The molecule has 2 rings (SSSR count). The van der Waals surface area contributed by atoms with Gasteiger partial charge in [-0.1, -0.05) is 17.7 Å². The van der Waals surface area contributed by atoms with Crippen molar-refractivity contribution in [3.63, 3.8) is 0 Å². The fourth-order valence-electron chi connectivity index (χ4n) is 2.29.